The molecule has 2 aromatic carbocycles. The minimum Gasteiger partial charge on any atom is -0.491 e. The Labute approximate surface area is 162 Å². The summed E-state index contributed by atoms with van der Waals surface area (Å²) in [5.74, 6) is 0.217. The van der Waals surface area contributed by atoms with Gasteiger partial charge in [-0.25, -0.2) is 4.79 Å². The Morgan fingerprint density at radius 2 is 1.81 bits per heavy atom. The average Bonchev–Trinajstić information content (AvgIpc) is 2.93. The van der Waals surface area contributed by atoms with Crippen LogP contribution in [-0.4, -0.2) is 41.2 Å². The number of halogens is 1. The number of ether oxygens (including phenoxy) is 1. The first-order valence-corrected chi connectivity index (χ1v) is 9.10. The second kappa shape index (κ2) is 7.98. The van der Waals surface area contributed by atoms with Gasteiger partial charge in [-0.2, -0.15) is 0 Å². The van der Waals surface area contributed by atoms with Crippen molar-refractivity contribution in [3.63, 3.8) is 0 Å². The summed E-state index contributed by atoms with van der Waals surface area (Å²) in [4.78, 5) is 26.5. The number of β-amino-alcohol motifs (C(OH)–C–C–N with tert-alkyl or cyclic N) is 1. The van der Waals surface area contributed by atoms with Gasteiger partial charge in [0, 0.05) is 5.02 Å². The van der Waals surface area contributed by atoms with Crippen LogP contribution in [0.4, 0.5) is 4.79 Å². The molecule has 0 spiro atoms. The smallest absolute Gasteiger partial charge is 0.325 e. The predicted molar refractivity (Wildman–Crippen MR) is 102 cm³/mol. The topological polar surface area (TPSA) is 78.9 Å². The zero-order valence-electron chi connectivity index (χ0n) is 14.9. The van der Waals surface area contributed by atoms with Gasteiger partial charge in [0.25, 0.3) is 5.91 Å². The van der Waals surface area contributed by atoms with Crippen molar-refractivity contribution in [1.82, 2.24) is 10.2 Å². The molecule has 2 atom stereocenters. The van der Waals surface area contributed by atoms with Crippen molar-refractivity contribution >= 4 is 23.5 Å². The minimum absolute atomic E-state index is 0.0266. The average molecular weight is 389 g/mol. The number of nitrogens with one attached hydrogen (secondary N) is 1. The summed E-state index contributed by atoms with van der Waals surface area (Å²) < 4.78 is 5.49. The molecule has 2 N–H and O–H groups in total. The van der Waals surface area contributed by atoms with E-state index < -0.39 is 23.6 Å². The van der Waals surface area contributed by atoms with Crippen molar-refractivity contribution in [2.75, 3.05) is 13.2 Å². The van der Waals surface area contributed by atoms with Crippen LogP contribution in [0.25, 0.3) is 0 Å². The summed E-state index contributed by atoms with van der Waals surface area (Å²) in [5.41, 5.74) is -0.493. The number of hydrogen-bond donors (Lipinski definition) is 2. The number of para-hydroxylation sites is 1. The first-order chi connectivity index (χ1) is 13.0. The molecule has 0 radical (unpaired) electrons. The van der Waals surface area contributed by atoms with E-state index in [2.05, 4.69) is 5.32 Å². The van der Waals surface area contributed by atoms with Crippen LogP contribution in [0.3, 0.4) is 0 Å². The van der Waals surface area contributed by atoms with Gasteiger partial charge in [0.05, 0.1) is 6.54 Å². The number of aliphatic hydroxyl groups excluding tert-OH is 1. The monoisotopic (exact) mass is 388 g/mol. The van der Waals surface area contributed by atoms with Gasteiger partial charge < -0.3 is 15.2 Å². The van der Waals surface area contributed by atoms with E-state index in [-0.39, 0.29) is 13.2 Å². The maximum Gasteiger partial charge on any atom is 0.325 e. The van der Waals surface area contributed by atoms with Crippen molar-refractivity contribution in [2.24, 2.45) is 0 Å². The third-order valence-electron chi connectivity index (χ3n) is 4.62. The minimum atomic E-state index is -1.15. The van der Waals surface area contributed by atoms with E-state index in [4.69, 9.17) is 16.3 Å². The molecule has 2 unspecified atom stereocenters. The number of carbonyl (C=O) groups is 2. The molecule has 0 aliphatic carbocycles. The molecule has 1 aliphatic rings. The fraction of sp³-hybridized carbons (Fsp3) is 0.300. The molecule has 7 heteroatoms. The molecule has 1 saturated heterocycles. The van der Waals surface area contributed by atoms with E-state index in [1.54, 1.807) is 36.4 Å². The van der Waals surface area contributed by atoms with Gasteiger partial charge in [-0.3, -0.25) is 9.69 Å². The molecule has 2 aromatic rings. The summed E-state index contributed by atoms with van der Waals surface area (Å²) in [6.45, 7) is 1.65. The molecule has 1 heterocycles. The van der Waals surface area contributed by atoms with Crippen LogP contribution in [0.1, 0.15) is 18.9 Å². The van der Waals surface area contributed by atoms with E-state index in [0.717, 1.165) is 4.90 Å². The van der Waals surface area contributed by atoms with Crippen molar-refractivity contribution in [3.05, 3.63) is 65.2 Å². The van der Waals surface area contributed by atoms with Gasteiger partial charge in [0.15, 0.2) is 0 Å². The zero-order chi connectivity index (χ0) is 19.4. The molecule has 27 heavy (non-hydrogen) atoms. The lowest BCUT2D eigenvalue weighted by molar-refractivity contribution is -0.132. The zero-order valence-corrected chi connectivity index (χ0v) is 15.6. The molecular formula is C20H21ClN2O4. The fourth-order valence-electron chi connectivity index (χ4n) is 3.14. The molecular weight excluding hydrogens is 368 g/mol. The van der Waals surface area contributed by atoms with E-state index in [1.165, 1.54) is 0 Å². The van der Waals surface area contributed by atoms with E-state index in [9.17, 15) is 14.7 Å². The number of rotatable bonds is 7. The van der Waals surface area contributed by atoms with Crippen LogP contribution in [0, 0.1) is 0 Å². The Bertz CT molecular complexity index is 812. The van der Waals surface area contributed by atoms with Gasteiger partial charge in [-0.15, -0.1) is 0 Å². The summed E-state index contributed by atoms with van der Waals surface area (Å²) in [6, 6.07) is 15.3. The lowest BCUT2D eigenvalue weighted by atomic mass is 9.87. The third kappa shape index (κ3) is 3.91. The van der Waals surface area contributed by atoms with Gasteiger partial charge in [-0.1, -0.05) is 48.9 Å². The van der Waals surface area contributed by atoms with Crippen molar-refractivity contribution < 1.29 is 19.4 Å². The molecule has 0 saturated carbocycles. The van der Waals surface area contributed by atoms with Crippen LogP contribution in [0.15, 0.2) is 54.6 Å². The van der Waals surface area contributed by atoms with Crippen molar-refractivity contribution in [3.8, 4) is 5.75 Å². The number of benzene rings is 2. The van der Waals surface area contributed by atoms with E-state index in [1.807, 2.05) is 25.1 Å². The highest BCUT2D eigenvalue weighted by Crippen LogP contribution is 2.33. The number of amides is 3. The van der Waals surface area contributed by atoms with E-state index in [0.29, 0.717) is 22.8 Å². The molecule has 1 fully saturated rings. The van der Waals surface area contributed by atoms with Gasteiger partial charge in [-0.05, 0) is 36.2 Å². The van der Waals surface area contributed by atoms with Gasteiger partial charge >= 0.3 is 6.03 Å². The van der Waals surface area contributed by atoms with Crippen LogP contribution in [-0.2, 0) is 10.3 Å². The third-order valence-corrected chi connectivity index (χ3v) is 4.87. The predicted octanol–water partition coefficient (Wildman–Crippen LogP) is 2.94. The fourth-order valence-corrected chi connectivity index (χ4v) is 3.26. The molecule has 3 rings (SSSR count). The molecule has 1 aliphatic heterocycles. The number of nitrogens with zero attached hydrogens (tertiary/aromatic N) is 1. The highest BCUT2D eigenvalue weighted by molar-refractivity contribution is 6.30. The van der Waals surface area contributed by atoms with Gasteiger partial charge in [0.2, 0.25) is 0 Å². The van der Waals surface area contributed by atoms with Crippen LogP contribution in [0.5, 0.6) is 5.75 Å². The Balaban J connectivity index is 1.70. The first kappa shape index (κ1) is 19.2. The van der Waals surface area contributed by atoms with Crippen molar-refractivity contribution in [2.45, 2.75) is 25.0 Å². The maximum atomic E-state index is 13.0. The van der Waals surface area contributed by atoms with Crippen LogP contribution < -0.4 is 10.1 Å². The Kier molecular flexibility index (Phi) is 5.68. The molecule has 0 aromatic heterocycles. The number of aliphatic hydroxyl groups is 1. The lowest BCUT2D eigenvalue weighted by Gasteiger charge is -2.26. The van der Waals surface area contributed by atoms with Crippen LogP contribution in [0.2, 0.25) is 5.02 Å². The largest absolute Gasteiger partial charge is 0.491 e. The summed E-state index contributed by atoms with van der Waals surface area (Å²) >= 11 is 5.93. The standard InChI is InChI=1S/C20H21ClN2O4/c1-2-20(14-8-10-15(21)11-9-14)18(25)23(19(26)22-20)12-16(24)13-27-17-6-4-3-5-7-17/h3-11,16,24H,2,12-13H2,1H3,(H,22,26). The van der Waals surface area contributed by atoms with E-state index >= 15 is 0 Å². The lowest BCUT2D eigenvalue weighted by Crippen LogP contribution is -2.44. The molecule has 0 bridgehead atoms. The first-order valence-electron chi connectivity index (χ1n) is 8.72. The number of imide groups is 1. The molecule has 3 amide bonds. The Morgan fingerprint density at radius 3 is 2.44 bits per heavy atom. The normalized spacial score (nSPS) is 20.5. The summed E-state index contributed by atoms with van der Waals surface area (Å²) in [6.07, 6.45) is -0.621. The molecule has 142 valence electrons. The maximum absolute atomic E-state index is 13.0. The SMILES string of the molecule is CCC1(c2ccc(Cl)cc2)NC(=O)N(CC(O)COc2ccccc2)C1=O. The van der Waals surface area contributed by atoms with Crippen LogP contribution >= 0.6 is 11.6 Å². The van der Waals surface area contributed by atoms with Crippen molar-refractivity contribution in [1.29, 1.82) is 0 Å². The quantitative estimate of drug-likeness (QED) is 0.715. The second-order valence-electron chi connectivity index (χ2n) is 6.39. The Morgan fingerprint density at radius 1 is 1.15 bits per heavy atom. The highest BCUT2D eigenvalue weighted by atomic mass is 35.5. The number of urea groups is 1. The number of carbonyl (C=O) groups excluding carboxylic acids is 2. The summed E-state index contributed by atoms with van der Waals surface area (Å²) in [5, 5.41) is 13.6. The highest BCUT2D eigenvalue weighted by Gasteiger charge is 2.51. The second-order valence-corrected chi connectivity index (χ2v) is 6.83. The molecule has 6 nitrogen and oxygen atoms in total. The van der Waals surface area contributed by atoms with Gasteiger partial charge in [0.1, 0.15) is 24.0 Å². The Hall–Kier alpha value is -2.57. The summed E-state index contributed by atoms with van der Waals surface area (Å²) in [7, 11) is 0. The number of hydrogen-bond acceptors (Lipinski definition) is 4.